The summed E-state index contributed by atoms with van der Waals surface area (Å²) in [5.41, 5.74) is 5.68. The summed E-state index contributed by atoms with van der Waals surface area (Å²) in [5, 5.41) is 8.17. The van der Waals surface area contributed by atoms with Crippen LogP contribution >= 0.6 is 0 Å². The standard InChI is InChI=1S/C33H38FN3O3/c1-3-40-33(39)28-22-12-13-23(19-22)29(28)35-32(38)30-27-7-5-4-6-24(18-21-10-8-20(2)9-11-21)31(27)37(36-30)26-16-14-25(34)15-17-26/h8-11,14-17,22-24,28-29H,3-7,12-13,18-19H2,1-2H3,(H,35,38)/t22?,23?,24?,28-,29+/m0/s1. The SMILES string of the molecule is CCOC(=O)[C@H]1C2CCC(C2)[C@H]1NC(=O)c1nn(-c2ccc(F)cc2)c2c1CCCCC2Cc1ccc(C)cc1. The number of aromatic nitrogens is 2. The van der Waals surface area contributed by atoms with Gasteiger partial charge < -0.3 is 10.1 Å². The van der Waals surface area contributed by atoms with Gasteiger partial charge in [-0.3, -0.25) is 9.59 Å². The second-order valence-corrected chi connectivity index (χ2v) is 11.8. The smallest absolute Gasteiger partial charge is 0.311 e. The minimum Gasteiger partial charge on any atom is -0.466 e. The van der Waals surface area contributed by atoms with Crippen molar-refractivity contribution >= 4 is 11.9 Å². The number of aryl methyl sites for hydroxylation is 1. The molecule has 2 saturated carbocycles. The maximum atomic E-state index is 14.0. The molecule has 3 aromatic rings. The van der Waals surface area contributed by atoms with Crippen LogP contribution in [0.15, 0.2) is 48.5 Å². The molecule has 210 valence electrons. The topological polar surface area (TPSA) is 73.2 Å². The van der Waals surface area contributed by atoms with Gasteiger partial charge in [-0.05, 0) is 100 Å². The maximum Gasteiger partial charge on any atom is 0.311 e. The van der Waals surface area contributed by atoms with E-state index in [1.165, 1.54) is 23.3 Å². The molecule has 1 heterocycles. The Morgan fingerprint density at radius 2 is 1.77 bits per heavy atom. The summed E-state index contributed by atoms with van der Waals surface area (Å²) >= 11 is 0. The van der Waals surface area contributed by atoms with Gasteiger partial charge in [0.05, 0.1) is 23.9 Å². The summed E-state index contributed by atoms with van der Waals surface area (Å²) in [6, 6.07) is 14.7. The zero-order chi connectivity index (χ0) is 27.8. The number of fused-ring (bicyclic) bond motifs is 3. The Morgan fingerprint density at radius 3 is 2.52 bits per heavy atom. The number of benzene rings is 2. The van der Waals surface area contributed by atoms with Crippen molar-refractivity contribution in [3.8, 4) is 5.69 Å². The van der Waals surface area contributed by atoms with E-state index in [-0.39, 0.29) is 47.4 Å². The first-order valence-corrected chi connectivity index (χ1v) is 14.8. The highest BCUT2D eigenvalue weighted by Gasteiger charge is 2.52. The lowest BCUT2D eigenvalue weighted by atomic mass is 9.84. The summed E-state index contributed by atoms with van der Waals surface area (Å²) in [6.07, 6.45) is 7.63. The zero-order valence-corrected chi connectivity index (χ0v) is 23.4. The molecule has 1 aromatic heterocycles. The number of ether oxygens (including phenoxy) is 1. The molecule has 1 N–H and O–H groups in total. The fourth-order valence-electron chi connectivity index (χ4n) is 7.42. The summed E-state index contributed by atoms with van der Waals surface area (Å²) in [6.45, 7) is 4.25. The molecular formula is C33H38FN3O3. The molecule has 0 radical (unpaired) electrons. The highest BCUT2D eigenvalue weighted by molar-refractivity contribution is 5.95. The minimum absolute atomic E-state index is 0.175. The third kappa shape index (κ3) is 5.06. The number of hydrogen-bond acceptors (Lipinski definition) is 4. The molecule has 2 aromatic carbocycles. The average molecular weight is 544 g/mol. The van der Waals surface area contributed by atoms with Crippen molar-refractivity contribution in [2.24, 2.45) is 17.8 Å². The van der Waals surface area contributed by atoms with Gasteiger partial charge in [0.1, 0.15) is 5.82 Å². The number of nitrogens with zero attached hydrogens (tertiary/aromatic N) is 2. The number of nitrogens with one attached hydrogen (secondary N) is 1. The first-order chi connectivity index (χ1) is 19.4. The van der Waals surface area contributed by atoms with E-state index in [9.17, 15) is 14.0 Å². The molecule has 7 heteroatoms. The van der Waals surface area contributed by atoms with E-state index >= 15 is 0 Å². The molecule has 0 saturated heterocycles. The normalized spacial score (nSPS) is 25.3. The van der Waals surface area contributed by atoms with Crippen LogP contribution in [0.25, 0.3) is 5.69 Å². The Morgan fingerprint density at radius 1 is 1.02 bits per heavy atom. The first-order valence-electron chi connectivity index (χ1n) is 14.8. The number of amides is 1. The van der Waals surface area contributed by atoms with Gasteiger partial charge in [-0.2, -0.15) is 5.10 Å². The first kappa shape index (κ1) is 26.7. The summed E-state index contributed by atoms with van der Waals surface area (Å²) in [7, 11) is 0. The predicted molar refractivity (Wildman–Crippen MR) is 151 cm³/mol. The number of esters is 1. The van der Waals surface area contributed by atoms with Gasteiger partial charge in [0.25, 0.3) is 5.91 Å². The van der Waals surface area contributed by atoms with E-state index < -0.39 is 0 Å². The largest absolute Gasteiger partial charge is 0.466 e. The Hall–Kier alpha value is -3.48. The molecule has 40 heavy (non-hydrogen) atoms. The molecule has 6 nitrogen and oxygen atoms in total. The monoisotopic (exact) mass is 543 g/mol. The number of hydrogen-bond donors (Lipinski definition) is 1. The van der Waals surface area contributed by atoms with Crippen molar-refractivity contribution in [2.75, 3.05) is 6.61 Å². The highest BCUT2D eigenvalue weighted by atomic mass is 19.1. The van der Waals surface area contributed by atoms with Gasteiger partial charge >= 0.3 is 5.97 Å². The number of halogens is 1. The quantitative estimate of drug-likeness (QED) is 0.290. The second-order valence-electron chi connectivity index (χ2n) is 11.8. The van der Waals surface area contributed by atoms with Gasteiger partial charge in [-0.15, -0.1) is 0 Å². The minimum atomic E-state index is -0.308. The van der Waals surface area contributed by atoms with Crippen molar-refractivity contribution < 1.29 is 18.7 Å². The molecule has 3 unspecified atom stereocenters. The summed E-state index contributed by atoms with van der Waals surface area (Å²) in [5.74, 6) is -0.299. The Bertz CT molecular complexity index is 1380. The van der Waals surface area contributed by atoms with Crippen molar-refractivity contribution in [2.45, 2.75) is 77.2 Å². The van der Waals surface area contributed by atoms with Crippen molar-refractivity contribution in [1.82, 2.24) is 15.1 Å². The molecule has 0 spiro atoms. The highest BCUT2D eigenvalue weighted by Crippen LogP contribution is 2.49. The molecule has 2 bridgehead atoms. The van der Waals surface area contributed by atoms with Crippen LogP contribution in [0, 0.1) is 30.5 Å². The molecule has 1 amide bonds. The molecule has 2 fully saturated rings. The molecule has 3 aliphatic rings. The fraction of sp³-hybridized carbons (Fsp3) is 0.485. The van der Waals surface area contributed by atoms with E-state index in [1.807, 2.05) is 11.6 Å². The molecule has 3 aliphatic carbocycles. The number of carbonyl (C=O) groups is 2. The van der Waals surface area contributed by atoms with E-state index in [0.29, 0.717) is 12.3 Å². The van der Waals surface area contributed by atoms with Crippen LogP contribution in [-0.2, 0) is 22.4 Å². The third-order valence-corrected chi connectivity index (χ3v) is 9.30. The molecule has 0 aliphatic heterocycles. The van der Waals surface area contributed by atoms with Crippen LogP contribution in [-0.4, -0.2) is 34.3 Å². The van der Waals surface area contributed by atoms with Crippen molar-refractivity contribution in [3.63, 3.8) is 0 Å². The van der Waals surface area contributed by atoms with Crippen LogP contribution < -0.4 is 5.32 Å². The van der Waals surface area contributed by atoms with E-state index in [1.54, 1.807) is 12.1 Å². The van der Waals surface area contributed by atoms with Gasteiger partial charge in [-0.1, -0.05) is 36.2 Å². The lowest BCUT2D eigenvalue weighted by Crippen LogP contribution is -2.47. The van der Waals surface area contributed by atoms with Crippen molar-refractivity contribution in [1.29, 1.82) is 0 Å². The van der Waals surface area contributed by atoms with Crippen LogP contribution in [0.1, 0.15) is 84.2 Å². The summed E-state index contributed by atoms with van der Waals surface area (Å²) in [4.78, 5) is 26.9. The van der Waals surface area contributed by atoms with E-state index in [4.69, 9.17) is 9.84 Å². The molecular weight excluding hydrogens is 505 g/mol. The van der Waals surface area contributed by atoms with Gasteiger partial charge in [-0.25, -0.2) is 9.07 Å². The number of rotatable bonds is 7. The van der Waals surface area contributed by atoms with Crippen LogP contribution in [0.4, 0.5) is 4.39 Å². The van der Waals surface area contributed by atoms with Gasteiger partial charge in [0, 0.05) is 17.5 Å². The van der Waals surface area contributed by atoms with Gasteiger partial charge in [0.15, 0.2) is 5.69 Å². The van der Waals surface area contributed by atoms with Crippen LogP contribution in [0.5, 0.6) is 0 Å². The lowest BCUT2D eigenvalue weighted by molar-refractivity contribution is -0.150. The average Bonchev–Trinajstić information content (AvgIpc) is 3.62. The predicted octanol–water partition coefficient (Wildman–Crippen LogP) is 6.08. The van der Waals surface area contributed by atoms with Crippen LogP contribution in [0.2, 0.25) is 0 Å². The summed E-state index contributed by atoms with van der Waals surface area (Å²) < 4.78 is 21.1. The zero-order valence-electron chi connectivity index (χ0n) is 23.4. The van der Waals surface area contributed by atoms with E-state index in [0.717, 1.165) is 68.3 Å². The van der Waals surface area contributed by atoms with Crippen LogP contribution in [0.3, 0.4) is 0 Å². The Kier molecular flexibility index (Phi) is 7.47. The Balaban J connectivity index is 1.37. The molecule has 5 atom stereocenters. The Labute approximate surface area is 235 Å². The third-order valence-electron chi connectivity index (χ3n) is 9.30. The maximum absolute atomic E-state index is 14.0. The van der Waals surface area contributed by atoms with Crippen molar-refractivity contribution in [3.05, 3.63) is 82.4 Å². The lowest BCUT2D eigenvalue weighted by Gasteiger charge is -2.30. The second kappa shape index (κ2) is 11.2. The molecule has 6 rings (SSSR count). The number of carbonyl (C=O) groups excluding carboxylic acids is 2. The van der Waals surface area contributed by atoms with Gasteiger partial charge in [0.2, 0.25) is 0 Å². The van der Waals surface area contributed by atoms with E-state index in [2.05, 4.69) is 36.5 Å². The fourth-order valence-corrected chi connectivity index (χ4v) is 7.42.